The molecule has 1 amide bonds. The van der Waals surface area contributed by atoms with Gasteiger partial charge in [-0.15, -0.1) is 24.0 Å². The van der Waals surface area contributed by atoms with Gasteiger partial charge in [-0.25, -0.2) is 4.98 Å². The van der Waals surface area contributed by atoms with Crippen molar-refractivity contribution in [2.75, 3.05) is 27.2 Å². The number of likely N-dealkylation sites (tertiary alicyclic amines) is 1. The molecule has 8 heteroatoms. The molecule has 0 saturated carbocycles. The van der Waals surface area contributed by atoms with Gasteiger partial charge in [-0.2, -0.15) is 0 Å². The van der Waals surface area contributed by atoms with Crippen molar-refractivity contribution < 1.29 is 9.53 Å². The van der Waals surface area contributed by atoms with E-state index in [1.807, 2.05) is 32.2 Å². The molecule has 152 valence electrons. The lowest BCUT2D eigenvalue weighted by Gasteiger charge is -2.34. The number of pyridine rings is 1. The molecule has 7 nitrogen and oxygen atoms in total. The third-order valence-electron chi connectivity index (χ3n) is 4.48. The Morgan fingerprint density at radius 2 is 2.07 bits per heavy atom. The van der Waals surface area contributed by atoms with Crippen molar-refractivity contribution in [2.24, 2.45) is 10.9 Å². The van der Waals surface area contributed by atoms with Gasteiger partial charge >= 0.3 is 0 Å². The number of guanidine groups is 1. The van der Waals surface area contributed by atoms with Gasteiger partial charge in [-0.1, -0.05) is 6.07 Å². The number of halogens is 1. The van der Waals surface area contributed by atoms with Crippen LogP contribution in [0.3, 0.4) is 0 Å². The Labute approximate surface area is 179 Å². The van der Waals surface area contributed by atoms with Crippen molar-refractivity contribution in [1.82, 2.24) is 20.5 Å². The summed E-state index contributed by atoms with van der Waals surface area (Å²) in [5.74, 6) is 2.13. The summed E-state index contributed by atoms with van der Waals surface area (Å²) in [7, 11) is 3.50. The molecule has 1 aliphatic heterocycles. The molecule has 1 aromatic heterocycles. The average molecular weight is 489 g/mol. The number of hydrogen-bond acceptors (Lipinski definition) is 4. The summed E-state index contributed by atoms with van der Waals surface area (Å²) >= 11 is 0. The number of carbonyl (C=O) groups is 1. The highest BCUT2D eigenvalue weighted by Gasteiger charge is 2.22. The maximum Gasteiger partial charge on any atom is 0.220 e. The number of rotatable bonds is 6. The third kappa shape index (κ3) is 7.90. The number of aliphatic imine (C=N–C) groups is 1. The minimum atomic E-state index is 0. The molecule has 0 aromatic carbocycles. The van der Waals surface area contributed by atoms with Gasteiger partial charge in [-0.05, 0) is 38.2 Å². The van der Waals surface area contributed by atoms with Crippen LogP contribution in [0.25, 0.3) is 0 Å². The molecule has 1 aromatic rings. The van der Waals surface area contributed by atoms with Crippen molar-refractivity contribution in [3.8, 4) is 5.88 Å². The molecule has 0 atom stereocenters. The maximum absolute atomic E-state index is 11.5. The lowest BCUT2D eigenvalue weighted by atomic mass is 9.93. The number of nitrogens with one attached hydrogen (secondary N) is 2. The fourth-order valence-corrected chi connectivity index (χ4v) is 3.05. The summed E-state index contributed by atoms with van der Waals surface area (Å²) in [6.07, 6.45) is 4.59. The molecular formula is C19H32IN5O2. The van der Waals surface area contributed by atoms with Crippen molar-refractivity contribution >= 4 is 35.8 Å². The Bertz CT molecular complexity index is 599. The van der Waals surface area contributed by atoms with Crippen LogP contribution in [0.1, 0.15) is 38.7 Å². The Hall–Kier alpha value is -1.58. The fraction of sp³-hybridized carbons (Fsp3) is 0.632. The molecule has 2 heterocycles. The highest BCUT2D eigenvalue weighted by molar-refractivity contribution is 14.0. The number of piperidine rings is 1. The molecule has 2 N–H and O–H groups in total. The number of aromatic nitrogens is 1. The molecular weight excluding hydrogens is 457 g/mol. The number of carbonyl (C=O) groups excluding carboxylic acids is 1. The molecule has 0 bridgehead atoms. The summed E-state index contributed by atoms with van der Waals surface area (Å²) in [6.45, 7) is 6.47. The normalized spacial score (nSPS) is 15.3. The van der Waals surface area contributed by atoms with Crippen LogP contribution < -0.4 is 15.4 Å². The van der Waals surface area contributed by atoms with Crippen LogP contribution in [0, 0.1) is 5.92 Å². The summed E-state index contributed by atoms with van der Waals surface area (Å²) in [5.41, 5.74) is 1.08. The quantitative estimate of drug-likeness (QED) is 0.365. The van der Waals surface area contributed by atoms with Crippen LogP contribution in [-0.2, 0) is 11.3 Å². The van der Waals surface area contributed by atoms with Crippen LogP contribution in [-0.4, -0.2) is 55.0 Å². The lowest BCUT2D eigenvalue weighted by molar-refractivity contribution is -0.121. The second kappa shape index (κ2) is 12.0. The van der Waals surface area contributed by atoms with Crippen molar-refractivity contribution in [2.45, 2.75) is 45.8 Å². The van der Waals surface area contributed by atoms with E-state index in [4.69, 9.17) is 4.74 Å². The summed E-state index contributed by atoms with van der Waals surface area (Å²) in [6, 6.07) is 3.91. The molecule has 0 aliphatic carbocycles. The van der Waals surface area contributed by atoms with Gasteiger partial charge in [0, 0.05) is 52.4 Å². The second-order valence-electron chi connectivity index (χ2n) is 6.88. The predicted octanol–water partition coefficient (Wildman–Crippen LogP) is 2.41. The first-order valence-electron chi connectivity index (χ1n) is 9.29. The van der Waals surface area contributed by atoms with Crippen LogP contribution in [0.2, 0.25) is 0 Å². The van der Waals surface area contributed by atoms with Gasteiger partial charge in [0.1, 0.15) is 0 Å². The van der Waals surface area contributed by atoms with Crippen LogP contribution >= 0.6 is 24.0 Å². The first-order chi connectivity index (χ1) is 12.5. The zero-order chi connectivity index (χ0) is 18.9. The van der Waals surface area contributed by atoms with E-state index in [-0.39, 0.29) is 36.0 Å². The largest absolute Gasteiger partial charge is 0.475 e. The highest BCUT2D eigenvalue weighted by Crippen LogP contribution is 2.20. The number of hydrogen-bond donors (Lipinski definition) is 2. The van der Waals surface area contributed by atoms with Crippen LogP contribution in [0.5, 0.6) is 5.88 Å². The molecule has 1 saturated heterocycles. The predicted molar refractivity (Wildman–Crippen MR) is 119 cm³/mol. The Balaban J connectivity index is 0.00000364. The number of amides is 1. The molecule has 0 unspecified atom stereocenters. The van der Waals surface area contributed by atoms with E-state index in [0.717, 1.165) is 37.5 Å². The van der Waals surface area contributed by atoms with Gasteiger partial charge < -0.3 is 20.3 Å². The minimum absolute atomic E-state index is 0. The monoisotopic (exact) mass is 489 g/mol. The number of ether oxygens (including phenoxy) is 1. The molecule has 0 spiro atoms. The molecule has 1 aliphatic rings. The van der Waals surface area contributed by atoms with E-state index in [0.29, 0.717) is 24.8 Å². The SMILES string of the molecule is CN=C(NCc1ccc(OC(C)C)nc1)N1CCC(CC(=O)NC)CC1.I. The Morgan fingerprint density at radius 3 is 2.59 bits per heavy atom. The summed E-state index contributed by atoms with van der Waals surface area (Å²) < 4.78 is 5.56. The smallest absolute Gasteiger partial charge is 0.220 e. The average Bonchev–Trinajstić information content (AvgIpc) is 2.64. The van der Waals surface area contributed by atoms with E-state index < -0.39 is 0 Å². The van der Waals surface area contributed by atoms with Gasteiger partial charge in [0.25, 0.3) is 0 Å². The standard InChI is InChI=1S/C19H31N5O2.HI/c1-14(2)26-18-6-5-16(12-22-18)13-23-19(21-4)24-9-7-15(8-10-24)11-17(25)20-3;/h5-6,12,14-15H,7-11,13H2,1-4H3,(H,20,25)(H,21,23);1H. The van der Waals surface area contributed by atoms with Crippen molar-refractivity contribution in [3.63, 3.8) is 0 Å². The van der Waals surface area contributed by atoms with E-state index in [1.165, 1.54) is 0 Å². The third-order valence-corrected chi connectivity index (χ3v) is 4.48. The Kier molecular flexibility index (Phi) is 10.4. The zero-order valence-electron chi connectivity index (χ0n) is 16.7. The molecule has 27 heavy (non-hydrogen) atoms. The first kappa shape index (κ1) is 23.5. The van der Waals surface area contributed by atoms with Gasteiger partial charge in [-0.3, -0.25) is 9.79 Å². The topological polar surface area (TPSA) is 78.9 Å². The highest BCUT2D eigenvalue weighted by atomic mass is 127. The van der Waals surface area contributed by atoms with Crippen LogP contribution in [0.15, 0.2) is 23.3 Å². The fourth-order valence-electron chi connectivity index (χ4n) is 3.05. The van der Waals surface area contributed by atoms with Crippen LogP contribution in [0.4, 0.5) is 0 Å². The van der Waals surface area contributed by atoms with E-state index >= 15 is 0 Å². The second-order valence-corrected chi connectivity index (χ2v) is 6.88. The molecule has 2 rings (SSSR count). The maximum atomic E-state index is 11.5. The van der Waals surface area contributed by atoms with Gasteiger partial charge in [0.05, 0.1) is 6.10 Å². The van der Waals surface area contributed by atoms with E-state index in [1.54, 1.807) is 14.1 Å². The van der Waals surface area contributed by atoms with Gasteiger partial charge in [0.2, 0.25) is 11.8 Å². The van der Waals surface area contributed by atoms with Crippen molar-refractivity contribution in [3.05, 3.63) is 23.9 Å². The molecule has 0 radical (unpaired) electrons. The number of nitrogens with zero attached hydrogens (tertiary/aromatic N) is 3. The van der Waals surface area contributed by atoms with E-state index in [9.17, 15) is 4.79 Å². The summed E-state index contributed by atoms with van der Waals surface area (Å²) in [4.78, 5) is 22.5. The molecule has 1 fully saturated rings. The van der Waals surface area contributed by atoms with E-state index in [2.05, 4.69) is 25.5 Å². The minimum Gasteiger partial charge on any atom is -0.475 e. The first-order valence-corrected chi connectivity index (χ1v) is 9.29. The van der Waals surface area contributed by atoms with Crippen molar-refractivity contribution in [1.29, 1.82) is 0 Å². The summed E-state index contributed by atoms with van der Waals surface area (Å²) in [5, 5.41) is 6.10. The Morgan fingerprint density at radius 1 is 1.37 bits per heavy atom. The lowest BCUT2D eigenvalue weighted by Crippen LogP contribution is -2.45. The van der Waals surface area contributed by atoms with Gasteiger partial charge in [0.15, 0.2) is 5.96 Å². The zero-order valence-corrected chi connectivity index (χ0v) is 19.0.